The van der Waals surface area contributed by atoms with Gasteiger partial charge in [0.1, 0.15) is 0 Å². The Kier molecular flexibility index (Phi) is 4.67. The molecule has 1 saturated carbocycles. The van der Waals surface area contributed by atoms with E-state index in [9.17, 15) is 9.59 Å². The molecule has 1 fully saturated rings. The van der Waals surface area contributed by atoms with Crippen molar-refractivity contribution in [1.82, 2.24) is 0 Å². The topological polar surface area (TPSA) is 61.8 Å². The molecular weight excluding hydrogens is 308 g/mol. The van der Waals surface area contributed by atoms with Crippen LogP contribution in [0.5, 0.6) is 0 Å². The zero-order chi connectivity index (χ0) is 17.3. The van der Waals surface area contributed by atoms with E-state index in [0.29, 0.717) is 18.6 Å². The first kappa shape index (κ1) is 17.0. The van der Waals surface area contributed by atoms with Gasteiger partial charge in [-0.2, -0.15) is 0 Å². The minimum absolute atomic E-state index is 0.0579. The maximum absolute atomic E-state index is 12.9. The Balaban J connectivity index is 1.85. The minimum Gasteiger partial charge on any atom is -0.372 e. The number of ketones is 2. The monoisotopic (exact) mass is 330 g/mol. The molecule has 0 radical (unpaired) electrons. The summed E-state index contributed by atoms with van der Waals surface area (Å²) in [5, 5.41) is 0. The number of benzene rings is 1. The van der Waals surface area contributed by atoms with Crippen LogP contribution in [0.15, 0.2) is 42.0 Å². The number of carbonyl (C=O) groups excluding carboxylic acids is 2. The highest BCUT2D eigenvalue weighted by Crippen LogP contribution is 2.48. The molecule has 0 aliphatic heterocycles. The predicted molar refractivity (Wildman–Crippen MR) is 87.1 cm³/mol. The third-order valence-corrected chi connectivity index (χ3v) is 5.03. The van der Waals surface area contributed by atoms with E-state index in [1.807, 2.05) is 30.3 Å². The summed E-state index contributed by atoms with van der Waals surface area (Å²) in [7, 11) is 2.89. The molecule has 5 nitrogen and oxygen atoms in total. The highest BCUT2D eigenvalue weighted by atomic mass is 16.7. The van der Waals surface area contributed by atoms with Crippen molar-refractivity contribution in [1.29, 1.82) is 0 Å². The molecule has 3 aliphatic rings. The van der Waals surface area contributed by atoms with Crippen molar-refractivity contribution in [2.24, 2.45) is 11.8 Å². The Morgan fingerprint density at radius 1 is 1.21 bits per heavy atom. The van der Waals surface area contributed by atoms with Crippen LogP contribution in [0.1, 0.15) is 18.9 Å². The summed E-state index contributed by atoms with van der Waals surface area (Å²) in [6, 6.07) is 9.81. The zero-order valence-electron chi connectivity index (χ0n) is 14.2. The van der Waals surface area contributed by atoms with Crippen LogP contribution >= 0.6 is 0 Å². The molecule has 0 unspecified atom stereocenters. The summed E-state index contributed by atoms with van der Waals surface area (Å²) in [6.07, 6.45) is 1.99. The van der Waals surface area contributed by atoms with Gasteiger partial charge in [0.05, 0.1) is 24.5 Å². The van der Waals surface area contributed by atoms with Crippen LogP contribution in [0.3, 0.4) is 0 Å². The van der Waals surface area contributed by atoms with Crippen LogP contribution in [0.4, 0.5) is 0 Å². The summed E-state index contributed by atoms with van der Waals surface area (Å²) >= 11 is 0. The van der Waals surface area contributed by atoms with Crippen LogP contribution in [0.25, 0.3) is 0 Å². The fourth-order valence-electron chi connectivity index (χ4n) is 3.81. The molecule has 1 aromatic rings. The summed E-state index contributed by atoms with van der Waals surface area (Å²) in [5.74, 6) is -2.59. The number of fused-ring (bicyclic) bond motifs is 2. The molecule has 24 heavy (non-hydrogen) atoms. The van der Waals surface area contributed by atoms with Gasteiger partial charge in [-0.3, -0.25) is 9.59 Å². The van der Waals surface area contributed by atoms with Crippen molar-refractivity contribution >= 4 is 11.6 Å². The van der Waals surface area contributed by atoms with Gasteiger partial charge in [0, 0.05) is 19.8 Å². The van der Waals surface area contributed by atoms with E-state index in [1.54, 1.807) is 6.08 Å². The van der Waals surface area contributed by atoms with E-state index in [1.165, 1.54) is 21.1 Å². The molecule has 128 valence electrons. The van der Waals surface area contributed by atoms with Crippen LogP contribution < -0.4 is 0 Å². The highest BCUT2D eigenvalue weighted by molar-refractivity contribution is 6.02. The predicted octanol–water partition coefficient (Wildman–Crippen LogP) is 2.30. The van der Waals surface area contributed by atoms with Crippen molar-refractivity contribution < 1.29 is 23.8 Å². The van der Waals surface area contributed by atoms with E-state index < -0.39 is 17.6 Å². The standard InChI is InChI=1S/C19H22O5/c1-12(20)14-9-15-17(24-11-13-7-5-4-6-8-13)10-16(14)19(22-2,23-3)18(15)21/h4-9,15-17H,10-11H2,1-3H3/t15-,16-,17-/m0/s1. The number of Topliss-reactive ketones (excluding diaryl/α,β-unsaturated/α-hetero) is 2. The Hall–Kier alpha value is -1.82. The average Bonchev–Trinajstić information content (AvgIpc) is 2.61. The molecule has 0 amide bonds. The Morgan fingerprint density at radius 2 is 1.88 bits per heavy atom. The molecule has 0 aromatic heterocycles. The average molecular weight is 330 g/mol. The van der Waals surface area contributed by atoms with Crippen molar-refractivity contribution in [2.75, 3.05) is 14.2 Å². The fourth-order valence-corrected chi connectivity index (χ4v) is 3.81. The number of methoxy groups -OCH3 is 2. The van der Waals surface area contributed by atoms with Crippen LogP contribution in [-0.4, -0.2) is 37.7 Å². The molecule has 0 heterocycles. The van der Waals surface area contributed by atoms with E-state index in [2.05, 4.69) is 0 Å². The van der Waals surface area contributed by atoms with Crippen molar-refractivity contribution in [2.45, 2.75) is 31.8 Å². The number of ether oxygens (including phenoxy) is 3. The lowest BCUT2D eigenvalue weighted by molar-refractivity contribution is -0.247. The summed E-state index contributed by atoms with van der Waals surface area (Å²) in [4.78, 5) is 24.8. The summed E-state index contributed by atoms with van der Waals surface area (Å²) in [5.41, 5.74) is 1.65. The minimum atomic E-state index is -1.38. The maximum atomic E-state index is 12.9. The maximum Gasteiger partial charge on any atom is 0.236 e. The van der Waals surface area contributed by atoms with Crippen molar-refractivity contribution in [3.63, 3.8) is 0 Å². The quantitative estimate of drug-likeness (QED) is 0.749. The third kappa shape index (κ3) is 2.62. The number of carbonyl (C=O) groups is 2. The molecule has 2 bridgehead atoms. The first-order valence-corrected chi connectivity index (χ1v) is 8.06. The molecule has 4 rings (SSSR count). The lowest BCUT2D eigenvalue weighted by Gasteiger charge is -2.49. The lowest BCUT2D eigenvalue weighted by atomic mass is 9.64. The van der Waals surface area contributed by atoms with Gasteiger partial charge < -0.3 is 14.2 Å². The largest absolute Gasteiger partial charge is 0.372 e. The Bertz CT molecular complexity index is 660. The van der Waals surface area contributed by atoms with Gasteiger partial charge in [-0.25, -0.2) is 0 Å². The summed E-state index contributed by atoms with van der Waals surface area (Å²) < 4.78 is 16.9. The molecule has 0 saturated heterocycles. The Morgan fingerprint density at radius 3 is 2.46 bits per heavy atom. The van der Waals surface area contributed by atoms with Gasteiger partial charge in [0.25, 0.3) is 0 Å². The van der Waals surface area contributed by atoms with Gasteiger partial charge in [0.15, 0.2) is 5.78 Å². The number of hydrogen-bond acceptors (Lipinski definition) is 5. The van der Waals surface area contributed by atoms with Gasteiger partial charge in [0.2, 0.25) is 11.6 Å². The molecule has 0 N–H and O–H groups in total. The van der Waals surface area contributed by atoms with E-state index >= 15 is 0 Å². The van der Waals surface area contributed by atoms with Gasteiger partial charge >= 0.3 is 0 Å². The van der Waals surface area contributed by atoms with E-state index in [4.69, 9.17) is 14.2 Å². The van der Waals surface area contributed by atoms with Crippen molar-refractivity contribution in [3.8, 4) is 0 Å². The SMILES string of the molecule is COC1(OC)C(=O)[C@H]2C=C(C(C)=O)[C@@H]1C[C@@H]2OCc1ccccc1. The molecule has 3 atom stereocenters. The second-order valence-electron chi connectivity index (χ2n) is 6.27. The molecule has 5 heteroatoms. The van der Waals surface area contributed by atoms with E-state index in [0.717, 1.165) is 5.56 Å². The summed E-state index contributed by atoms with van der Waals surface area (Å²) in [6.45, 7) is 1.94. The third-order valence-electron chi connectivity index (χ3n) is 5.03. The molecule has 3 aliphatic carbocycles. The number of rotatable bonds is 6. The van der Waals surface area contributed by atoms with Gasteiger partial charge in [-0.1, -0.05) is 36.4 Å². The zero-order valence-corrected chi connectivity index (χ0v) is 14.2. The smallest absolute Gasteiger partial charge is 0.236 e. The fraction of sp³-hybridized carbons (Fsp3) is 0.474. The molecule has 0 spiro atoms. The Labute approximate surface area is 141 Å². The normalized spacial score (nSPS) is 27.9. The second kappa shape index (κ2) is 6.59. The molecular formula is C19H22O5. The van der Waals surface area contributed by atoms with Crippen LogP contribution in [-0.2, 0) is 30.4 Å². The lowest BCUT2D eigenvalue weighted by Crippen LogP contribution is -2.62. The van der Waals surface area contributed by atoms with Crippen LogP contribution in [0, 0.1) is 11.8 Å². The first-order valence-electron chi connectivity index (χ1n) is 8.06. The first-order chi connectivity index (χ1) is 11.5. The highest BCUT2D eigenvalue weighted by Gasteiger charge is 2.60. The van der Waals surface area contributed by atoms with Crippen LogP contribution in [0.2, 0.25) is 0 Å². The number of hydrogen-bond donors (Lipinski definition) is 0. The van der Waals surface area contributed by atoms with Gasteiger partial charge in [-0.05, 0) is 18.9 Å². The van der Waals surface area contributed by atoms with Gasteiger partial charge in [-0.15, -0.1) is 0 Å². The second-order valence-corrected chi connectivity index (χ2v) is 6.27. The van der Waals surface area contributed by atoms with Crippen molar-refractivity contribution in [3.05, 3.63) is 47.5 Å². The molecule has 1 aromatic carbocycles. The van der Waals surface area contributed by atoms with E-state index in [-0.39, 0.29) is 17.7 Å².